The standard InChI is InChI=1S/C9H18N2/c1-2-9(10)5-8-11-6-3-4-7-11/h10H,2-8H2,1H3. The van der Waals surface area contributed by atoms with Gasteiger partial charge in [0.25, 0.3) is 0 Å². The average Bonchev–Trinajstić information content (AvgIpc) is 2.52. The maximum Gasteiger partial charge on any atom is 0.00991 e. The third-order valence-electron chi connectivity index (χ3n) is 2.36. The van der Waals surface area contributed by atoms with Crippen LogP contribution in [0, 0.1) is 5.41 Å². The summed E-state index contributed by atoms with van der Waals surface area (Å²) in [5, 5.41) is 7.47. The first-order chi connectivity index (χ1) is 5.33. The van der Waals surface area contributed by atoms with Crippen LogP contribution in [0.15, 0.2) is 0 Å². The fourth-order valence-corrected chi connectivity index (χ4v) is 1.48. The molecule has 1 rings (SSSR count). The highest BCUT2D eigenvalue weighted by Gasteiger charge is 2.10. The SMILES string of the molecule is CCC(=N)CCN1CCCC1. The van der Waals surface area contributed by atoms with Crippen LogP contribution in [0.5, 0.6) is 0 Å². The summed E-state index contributed by atoms with van der Waals surface area (Å²) in [7, 11) is 0. The van der Waals surface area contributed by atoms with Crippen molar-refractivity contribution in [1.82, 2.24) is 4.90 Å². The third-order valence-corrected chi connectivity index (χ3v) is 2.36. The highest BCUT2D eigenvalue weighted by molar-refractivity contribution is 5.81. The second-order valence-corrected chi connectivity index (χ2v) is 3.26. The van der Waals surface area contributed by atoms with Crippen molar-refractivity contribution in [3.63, 3.8) is 0 Å². The van der Waals surface area contributed by atoms with Crippen molar-refractivity contribution in [2.24, 2.45) is 0 Å². The first kappa shape index (κ1) is 8.72. The molecule has 0 unspecified atom stereocenters. The molecule has 2 heteroatoms. The average molecular weight is 154 g/mol. The van der Waals surface area contributed by atoms with E-state index in [2.05, 4.69) is 11.8 Å². The molecule has 1 heterocycles. The summed E-state index contributed by atoms with van der Waals surface area (Å²) in [6, 6.07) is 0. The molecule has 64 valence electrons. The summed E-state index contributed by atoms with van der Waals surface area (Å²) in [6.07, 6.45) is 4.63. The van der Waals surface area contributed by atoms with Crippen molar-refractivity contribution in [2.75, 3.05) is 19.6 Å². The van der Waals surface area contributed by atoms with Gasteiger partial charge in [0.15, 0.2) is 0 Å². The van der Waals surface area contributed by atoms with Gasteiger partial charge in [-0.25, -0.2) is 0 Å². The van der Waals surface area contributed by atoms with Crippen LogP contribution in [-0.4, -0.2) is 30.2 Å². The second kappa shape index (κ2) is 4.50. The fourth-order valence-electron chi connectivity index (χ4n) is 1.48. The highest BCUT2D eigenvalue weighted by Crippen LogP contribution is 2.07. The fraction of sp³-hybridized carbons (Fsp3) is 0.889. The minimum atomic E-state index is 0.900. The Labute approximate surface area is 69.1 Å². The molecule has 0 amide bonds. The summed E-state index contributed by atoms with van der Waals surface area (Å²) >= 11 is 0. The summed E-state index contributed by atoms with van der Waals surface area (Å²) in [5.74, 6) is 0. The zero-order chi connectivity index (χ0) is 8.10. The predicted octanol–water partition coefficient (Wildman–Crippen LogP) is 1.90. The van der Waals surface area contributed by atoms with Crippen LogP contribution in [0.3, 0.4) is 0 Å². The van der Waals surface area contributed by atoms with Gasteiger partial charge in [-0.15, -0.1) is 0 Å². The van der Waals surface area contributed by atoms with Gasteiger partial charge in [0.05, 0.1) is 0 Å². The maximum absolute atomic E-state index is 7.47. The molecule has 0 aromatic heterocycles. The van der Waals surface area contributed by atoms with Crippen LogP contribution in [0.1, 0.15) is 32.6 Å². The van der Waals surface area contributed by atoms with Crippen molar-refractivity contribution in [1.29, 1.82) is 5.41 Å². The van der Waals surface area contributed by atoms with E-state index in [4.69, 9.17) is 5.41 Å². The molecule has 1 fully saturated rings. The summed E-state index contributed by atoms with van der Waals surface area (Å²) < 4.78 is 0. The van der Waals surface area contributed by atoms with Crippen LogP contribution in [0.4, 0.5) is 0 Å². The summed E-state index contributed by atoms with van der Waals surface area (Å²) in [6.45, 7) is 5.70. The lowest BCUT2D eigenvalue weighted by Gasteiger charge is -2.13. The maximum atomic E-state index is 7.47. The van der Waals surface area contributed by atoms with E-state index in [0.717, 1.165) is 25.1 Å². The van der Waals surface area contributed by atoms with Crippen LogP contribution < -0.4 is 0 Å². The Bertz CT molecular complexity index is 126. The molecule has 0 radical (unpaired) electrons. The van der Waals surface area contributed by atoms with Crippen LogP contribution in [0.25, 0.3) is 0 Å². The van der Waals surface area contributed by atoms with E-state index in [-0.39, 0.29) is 0 Å². The zero-order valence-corrected chi connectivity index (χ0v) is 7.40. The van der Waals surface area contributed by atoms with E-state index in [1.165, 1.54) is 25.9 Å². The Morgan fingerprint density at radius 2 is 2.00 bits per heavy atom. The number of nitrogens with one attached hydrogen (secondary N) is 1. The second-order valence-electron chi connectivity index (χ2n) is 3.26. The van der Waals surface area contributed by atoms with E-state index >= 15 is 0 Å². The van der Waals surface area contributed by atoms with Gasteiger partial charge in [0.2, 0.25) is 0 Å². The third kappa shape index (κ3) is 3.02. The molecule has 0 saturated carbocycles. The Hall–Kier alpha value is -0.370. The van der Waals surface area contributed by atoms with Gasteiger partial charge in [0, 0.05) is 12.3 Å². The predicted molar refractivity (Wildman–Crippen MR) is 48.3 cm³/mol. The molecule has 1 aliphatic heterocycles. The van der Waals surface area contributed by atoms with Crippen molar-refractivity contribution in [2.45, 2.75) is 32.6 Å². The minimum absolute atomic E-state index is 0.900. The van der Waals surface area contributed by atoms with E-state index in [9.17, 15) is 0 Å². The van der Waals surface area contributed by atoms with Crippen molar-refractivity contribution in [3.8, 4) is 0 Å². The van der Waals surface area contributed by atoms with Crippen molar-refractivity contribution in [3.05, 3.63) is 0 Å². The highest BCUT2D eigenvalue weighted by atomic mass is 15.1. The van der Waals surface area contributed by atoms with E-state index in [0.29, 0.717) is 0 Å². The molecule has 0 aromatic carbocycles. The number of rotatable bonds is 4. The van der Waals surface area contributed by atoms with Crippen LogP contribution in [-0.2, 0) is 0 Å². The normalized spacial score (nSPS) is 19.0. The lowest BCUT2D eigenvalue weighted by atomic mass is 10.2. The molecule has 0 bridgehead atoms. The van der Waals surface area contributed by atoms with Gasteiger partial charge in [-0.3, -0.25) is 0 Å². The molecule has 11 heavy (non-hydrogen) atoms. The molecule has 1 saturated heterocycles. The van der Waals surface area contributed by atoms with Gasteiger partial charge in [0.1, 0.15) is 0 Å². The van der Waals surface area contributed by atoms with E-state index in [1.807, 2.05) is 0 Å². The van der Waals surface area contributed by atoms with Gasteiger partial charge < -0.3 is 10.3 Å². The monoisotopic (exact) mass is 154 g/mol. The van der Waals surface area contributed by atoms with Crippen LogP contribution >= 0.6 is 0 Å². The largest absolute Gasteiger partial charge is 0.310 e. The Kier molecular flexibility index (Phi) is 3.57. The van der Waals surface area contributed by atoms with Gasteiger partial charge in [-0.1, -0.05) is 6.92 Å². The Balaban J connectivity index is 2.06. The molecule has 1 aliphatic rings. The van der Waals surface area contributed by atoms with Gasteiger partial charge in [-0.05, 0) is 38.8 Å². The molecule has 0 aromatic rings. The smallest absolute Gasteiger partial charge is 0.00991 e. The lowest BCUT2D eigenvalue weighted by molar-refractivity contribution is 0.349. The first-order valence-electron chi connectivity index (χ1n) is 4.61. The number of hydrogen-bond donors (Lipinski definition) is 1. The van der Waals surface area contributed by atoms with Gasteiger partial charge in [-0.2, -0.15) is 0 Å². The topological polar surface area (TPSA) is 27.1 Å². The summed E-state index contributed by atoms with van der Waals surface area (Å²) in [4.78, 5) is 2.46. The number of likely N-dealkylation sites (tertiary alicyclic amines) is 1. The van der Waals surface area contributed by atoms with Crippen molar-refractivity contribution < 1.29 is 0 Å². The molecule has 0 atom stereocenters. The minimum Gasteiger partial charge on any atom is -0.310 e. The molecule has 1 N–H and O–H groups in total. The summed E-state index contributed by atoms with van der Waals surface area (Å²) in [5.41, 5.74) is 0.900. The molecule has 0 spiro atoms. The first-order valence-corrected chi connectivity index (χ1v) is 4.61. The molecule has 2 nitrogen and oxygen atoms in total. The van der Waals surface area contributed by atoms with E-state index in [1.54, 1.807) is 0 Å². The number of nitrogens with zero attached hydrogens (tertiary/aromatic N) is 1. The zero-order valence-electron chi connectivity index (χ0n) is 7.40. The van der Waals surface area contributed by atoms with Crippen molar-refractivity contribution >= 4 is 5.71 Å². The quantitative estimate of drug-likeness (QED) is 0.615. The Morgan fingerprint density at radius 1 is 1.36 bits per heavy atom. The van der Waals surface area contributed by atoms with Gasteiger partial charge >= 0.3 is 0 Å². The molecular formula is C9H18N2. The van der Waals surface area contributed by atoms with E-state index < -0.39 is 0 Å². The molecular weight excluding hydrogens is 136 g/mol. The lowest BCUT2D eigenvalue weighted by Crippen LogP contribution is -2.22. The molecule has 0 aliphatic carbocycles. The van der Waals surface area contributed by atoms with Crippen LogP contribution in [0.2, 0.25) is 0 Å². The Morgan fingerprint density at radius 3 is 2.55 bits per heavy atom. The number of hydrogen-bond acceptors (Lipinski definition) is 2.